The molecule has 0 aliphatic carbocycles. The van der Waals surface area contributed by atoms with Crippen molar-refractivity contribution in [2.24, 2.45) is 0 Å². The minimum atomic E-state index is 0. The van der Waals surface area contributed by atoms with Gasteiger partial charge in [-0.05, 0) is 42.8 Å². The number of aromatic nitrogens is 2. The monoisotopic (exact) mass is 660 g/mol. The van der Waals surface area contributed by atoms with Gasteiger partial charge in [0, 0.05) is 55.7 Å². The molecule has 0 radical (unpaired) electrons. The van der Waals surface area contributed by atoms with Crippen LogP contribution in [0, 0.1) is 18.8 Å². The number of benzene rings is 4. The average molecular weight is 661 g/mol. The third kappa shape index (κ3) is 3.96. The number of ether oxygens (including phenoxy) is 1. The van der Waals surface area contributed by atoms with Crippen molar-refractivity contribution >= 4 is 38.9 Å². The fourth-order valence-corrected chi connectivity index (χ4v) is 4.87. The van der Waals surface area contributed by atoms with E-state index in [4.69, 9.17) is 4.74 Å². The maximum absolute atomic E-state index is 6.29. The number of anilines is 3. The standard InChI is InChI=1S/C31H21N4O.Pt/c1-33-21-34(29-14-5-4-13-28(29)33)22-9-8-10-23(19-22)36-24-16-17-26-25-11-2-3-12-27(25)35(30(26)20-24)31-15-6-7-18-32-31;/h2-18,21H,1H3;/q-3;. The first-order valence-electron chi connectivity index (χ1n) is 11.8. The maximum atomic E-state index is 6.29. The summed E-state index contributed by atoms with van der Waals surface area (Å²) in [6, 6.07) is 39.5. The summed E-state index contributed by atoms with van der Waals surface area (Å²) >= 11 is 0. The Bertz CT molecular complexity index is 1730. The molecule has 7 rings (SSSR count). The minimum absolute atomic E-state index is 0. The summed E-state index contributed by atoms with van der Waals surface area (Å²) in [5.41, 5.74) is 5.18. The predicted octanol–water partition coefficient (Wildman–Crippen LogP) is 7.28. The van der Waals surface area contributed by atoms with Crippen LogP contribution in [0.5, 0.6) is 11.5 Å². The minimum Gasteiger partial charge on any atom is -0.509 e. The van der Waals surface area contributed by atoms with E-state index in [1.165, 1.54) is 0 Å². The van der Waals surface area contributed by atoms with Gasteiger partial charge in [-0.3, -0.25) is 0 Å². The van der Waals surface area contributed by atoms with E-state index >= 15 is 0 Å². The number of pyridine rings is 1. The van der Waals surface area contributed by atoms with Crippen molar-refractivity contribution in [1.29, 1.82) is 0 Å². The van der Waals surface area contributed by atoms with Gasteiger partial charge in [0.15, 0.2) is 0 Å². The predicted molar refractivity (Wildman–Crippen MR) is 144 cm³/mol. The van der Waals surface area contributed by atoms with E-state index in [9.17, 15) is 0 Å². The second-order valence-corrected chi connectivity index (χ2v) is 8.71. The molecule has 0 amide bonds. The second-order valence-electron chi connectivity index (χ2n) is 8.71. The van der Waals surface area contributed by atoms with E-state index in [2.05, 4.69) is 74.6 Å². The Morgan fingerprint density at radius 3 is 2.38 bits per heavy atom. The van der Waals surface area contributed by atoms with Gasteiger partial charge < -0.3 is 19.1 Å². The van der Waals surface area contributed by atoms with Gasteiger partial charge in [0.25, 0.3) is 0 Å². The largest absolute Gasteiger partial charge is 0.509 e. The van der Waals surface area contributed by atoms with Crippen molar-refractivity contribution in [2.75, 3.05) is 16.8 Å². The first-order valence-corrected chi connectivity index (χ1v) is 11.8. The molecule has 0 N–H and O–H groups in total. The Kier molecular flexibility index (Phi) is 5.94. The smallest absolute Gasteiger partial charge is 0.135 e. The fourth-order valence-electron chi connectivity index (χ4n) is 4.87. The van der Waals surface area contributed by atoms with Crippen LogP contribution in [0.1, 0.15) is 0 Å². The molecule has 1 aliphatic rings. The molecule has 184 valence electrons. The zero-order valence-electron chi connectivity index (χ0n) is 19.9. The van der Waals surface area contributed by atoms with Gasteiger partial charge in [-0.2, -0.15) is 18.8 Å². The van der Waals surface area contributed by atoms with Crippen LogP contribution in [-0.4, -0.2) is 16.6 Å². The molecule has 0 saturated heterocycles. The SMILES string of the molecule is CN1[CH-]N(c2[c-]c(Oc3[c-]c4c(cc3)c3ccccc3n4-c3ccccn3)ccc2)c2ccccc21.[Pt]. The van der Waals surface area contributed by atoms with Gasteiger partial charge in [-0.1, -0.05) is 41.9 Å². The van der Waals surface area contributed by atoms with Gasteiger partial charge in [0.05, 0.1) is 0 Å². The van der Waals surface area contributed by atoms with E-state index in [-0.39, 0.29) is 21.1 Å². The molecule has 5 nitrogen and oxygen atoms in total. The van der Waals surface area contributed by atoms with Crippen LogP contribution >= 0.6 is 0 Å². The van der Waals surface area contributed by atoms with Crippen LogP contribution in [0.25, 0.3) is 27.6 Å². The summed E-state index contributed by atoms with van der Waals surface area (Å²) in [6.07, 6.45) is 1.81. The van der Waals surface area contributed by atoms with Crippen LogP contribution in [0.15, 0.2) is 103 Å². The Balaban J connectivity index is 0.00000252. The Labute approximate surface area is 229 Å². The average Bonchev–Trinajstić information content (AvgIpc) is 3.44. The molecule has 0 fully saturated rings. The van der Waals surface area contributed by atoms with E-state index in [1.54, 1.807) is 0 Å². The van der Waals surface area contributed by atoms with Gasteiger partial charge in [0.2, 0.25) is 0 Å². The molecule has 6 aromatic rings. The topological polar surface area (TPSA) is 33.5 Å². The zero-order valence-corrected chi connectivity index (χ0v) is 22.2. The fraction of sp³-hybridized carbons (Fsp3) is 0.0323. The van der Waals surface area contributed by atoms with E-state index in [0.29, 0.717) is 11.5 Å². The second kappa shape index (κ2) is 9.42. The quantitative estimate of drug-likeness (QED) is 0.186. The van der Waals surface area contributed by atoms with Gasteiger partial charge in [-0.15, -0.1) is 41.4 Å². The molecule has 0 saturated carbocycles. The molecule has 2 aromatic heterocycles. The van der Waals surface area contributed by atoms with E-state index < -0.39 is 0 Å². The molecular weight excluding hydrogens is 639 g/mol. The van der Waals surface area contributed by atoms with Crippen LogP contribution in [-0.2, 0) is 21.1 Å². The molecule has 4 aromatic carbocycles. The molecule has 0 unspecified atom stereocenters. The Morgan fingerprint density at radius 2 is 1.51 bits per heavy atom. The molecule has 0 spiro atoms. The van der Waals surface area contributed by atoms with Crippen LogP contribution in [0.3, 0.4) is 0 Å². The van der Waals surface area contributed by atoms with Crippen molar-refractivity contribution < 1.29 is 25.8 Å². The number of rotatable bonds is 4. The van der Waals surface area contributed by atoms with Crippen molar-refractivity contribution in [1.82, 2.24) is 9.55 Å². The number of hydrogen-bond donors (Lipinski definition) is 0. The summed E-state index contributed by atoms with van der Waals surface area (Å²) < 4.78 is 8.42. The molecular formula is C31H21N4OPt-3. The summed E-state index contributed by atoms with van der Waals surface area (Å²) in [6.45, 7) is 2.06. The summed E-state index contributed by atoms with van der Waals surface area (Å²) in [7, 11) is 2.05. The van der Waals surface area contributed by atoms with Gasteiger partial charge in [0.1, 0.15) is 5.82 Å². The summed E-state index contributed by atoms with van der Waals surface area (Å²) in [4.78, 5) is 8.82. The Morgan fingerprint density at radius 1 is 0.730 bits per heavy atom. The third-order valence-corrected chi connectivity index (χ3v) is 6.48. The van der Waals surface area contributed by atoms with Crippen molar-refractivity contribution in [3.05, 3.63) is 122 Å². The summed E-state index contributed by atoms with van der Waals surface area (Å²) in [5, 5.41) is 2.26. The first kappa shape index (κ1) is 23.3. The number of nitrogens with zero attached hydrogens (tertiary/aromatic N) is 4. The van der Waals surface area contributed by atoms with Gasteiger partial charge in [-0.25, -0.2) is 4.98 Å². The normalized spacial score (nSPS) is 12.6. The third-order valence-electron chi connectivity index (χ3n) is 6.48. The van der Waals surface area contributed by atoms with Crippen LogP contribution in [0.4, 0.5) is 17.1 Å². The number of para-hydroxylation sites is 3. The molecule has 0 bridgehead atoms. The van der Waals surface area contributed by atoms with E-state index in [0.717, 1.165) is 44.7 Å². The van der Waals surface area contributed by atoms with Crippen LogP contribution < -0.4 is 14.5 Å². The molecule has 0 atom stereocenters. The Hall–Kier alpha value is -4.08. The molecule has 37 heavy (non-hydrogen) atoms. The van der Waals surface area contributed by atoms with Gasteiger partial charge >= 0.3 is 0 Å². The van der Waals surface area contributed by atoms with E-state index in [1.807, 2.05) is 73.9 Å². The first-order chi connectivity index (χ1) is 17.8. The van der Waals surface area contributed by atoms with Crippen LogP contribution in [0.2, 0.25) is 0 Å². The van der Waals surface area contributed by atoms with Crippen molar-refractivity contribution in [2.45, 2.75) is 0 Å². The maximum Gasteiger partial charge on any atom is 0.135 e. The molecule has 1 aliphatic heterocycles. The van der Waals surface area contributed by atoms with Crippen molar-refractivity contribution in [3.8, 4) is 17.3 Å². The number of fused-ring (bicyclic) bond motifs is 4. The molecule has 3 heterocycles. The number of hydrogen-bond acceptors (Lipinski definition) is 4. The zero-order chi connectivity index (χ0) is 24.1. The van der Waals surface area contributed by atoms with Crippen molar-refractivity contribution in [3.63, 3.8) is 0 Å². The molecule has 6 heteroatoms. The summed E-state index contributed by atoms with van der Waals surface area (Å²) in [5.74, 6) is 2.10.